The number of fused-ring (bicyclic) bond motifs is 3. The second-order valence-corrected chi connectivity index (χ2v) is 8.45. The Labute approximate surface area is 143 Å². The molecule has 1 N–H and O–H groups in total. The van der Waals surface area contributed by atoms with Crippen LogP contribution >= 0.6 is 0 Å². The molecule has 24 heavy (non-hydrogen) atoms. The summed E-state index contributed by atoms with van der Waals surface area (Å²) in [4.78, 5) is 38.6. The third kappa shape index (κ3) is 2.66. The Morgan fingerprint density at radius 3 is 2.29 bits per heavy atom. The van der Waals surface area contributed by atoms with E-state index in [-0.39, 0.29) is 42.1 Å². The van der Waals surface area contributed by atoms with Crippen LogP contribution in [0.2, 0.25) is 0 Å². The Hall–Kier alpha value is -1.39. The average Bonchev–Trinajstić information content (AvgIpc) is 3.26. The van der Waals surface area contributed by atoms with Gasteiger partial charge in [-0.2, -0.15) is 0 Å². The molecule has 4 aliphatic rings. The number of likely N-dealkylation sites (tertiary alicyclic amines) is 1. The van der Waals surface area contributed by atoms with Crippen LogP contribution in [0.5, 0.6) is 0 Å². The molecule has 0 radical (unpaired) electrons. The van der Waals surface area contributed by atoms with Crippen LogP contribution in [0.25, 0.3) is 0 Å². The maximum absolute atomic E-state index is 12.5. The second-order valence-electron chi connectivity index (χ2n) is 8.45. The number of amides is 3. The fraction of sp³-hybridized carbons (Fsp3) is 0.842. The summed E-state index contributed by atoms with van der Waals surface area (Å²) in [7, 11) is 0. The minimum Gasteiger partial charge on any atom is -0.352 e. The van der Waals surface area contributed by atoms with Crippen molar-refractivity contribution in [3.63, 3.8) is 0 Å². The molecule has 4 fully saturated rings. The van der Waals surface area contributed by atoms with Crippen molar-refractivity contribution in [2.45, 2.75) is 64.3 Å². The van der Waals surface area contributed by atoms with Gasteiger partial charge in [-0.15, -0.1) is 0 Å². The van der Waals surface area contributed by atoms with Gasteiger partial charge in [-0.1, -0.05) is 19.3 Å². The molecule has 6 atom stereocenters. The molecule has 0 spiro atoms. The van der Waals surface area contributed by atoms with E-state index in [1.54, 1.807) is 0 Å². The van der Waals surface area contributed by atoms with Crippen molar-refractivity contribution >= 4 is 17.7 Å². The number of imide groups is 1. The number of hydrogen-bond donors (Lipinski definition) is 1. The molecule has 5 heteroatoms. The van der Waals surface area contributed by atoms with Gasteiger partial charge >= 0.3 is 0 Å². The lowest BCUT2D eigenvalue weighted by molar-refractivity contribution is -0.143. The molecule has 5 nitrogen and oxygen atoms in total. The lowest BCUT2D eigenvalue weighted by Crippen LogP contribution is -2.46. The van der Waals surface area contributed by atoms with Gasteiger partial charge in [0.25, 0.3) is 0 Å². The molecule has 0 aromatic rings. The van der Waals surface area contributed by atoms with Gasteiger partial charge in [-0.25, -0.2) is 0 Å². The lowest BCUT2D eigenvalue weighted by Gasteiger charge is -2.29. The summed E-state index contributed by atoms with van der Waals surface area (Å²) < 4.78 is 0. The highest BCUT2D eigenvalue weighted by Gasteiger charge is 2.49. The number of carbonyl (C=O) groups excluding carboxylic acids is 3. The number of rotatable bonds is 4. The molecule has 1 saturated heterocycles. The van der Waals surface area contributed by atoms with Gasteiger partial charge in [0.2, 0.25) is 17.7 Å². The smallest absolute Gasteiger partial charge is 0.240 e. The first-order valence-electron chi connectivity index (χ1n) is 9.69. The monoisotopic (exact) mass is 332 g/mol. The van der Waals surface area contributed by atoms with E-state index >= 15 is 0 Å². The summed E-state index contributed by atoms with van der Waals surface area (Å²) in [5.74, 6) is 1.43. The van der Waals surface area contributed by atoms with Crippen LogP contribution in [-0.4, -0.2) is 35.2 Å². The Balaban J connectivity index is 1.34. The molecule has 3 amide bonds. The number of nitrogens with zero attached hydrogens (tertiary/aromatic N) is 1. The van der Waals surface area contributed by atoms with Gasteiger partial charge in [-0.05, 0) is 56.8 Å². The second kappa shape index (κ2) is 6.16. The topological polar surface area (TPSA) is 66.5 Å². The summed E-state index contributed by atoms with van der Waals surface area (Å²) >= 11 is 0. The fourth-order valence-electron chi connectivity index (χ4n) is 5.84. The standard InChI is InChI=1S/C19H28N2O3/c1-11(16-9-12-6-7-13(16)8-12)20-17(22)10-21-18(23)14-4-2-3-5-15(14)19(21)24/h11-16H,2-10H2,1H3,(H,20,22)/t11-,12-,13-,14+,15+,16+/m0/s1. The number of nitrogens with one attached hydrogen (secondary N) is 1. The van der Waals surface area contributed by atoms with Crippen LogP contribution in [0.3, 0.4) is 0 Å². The van der Waals surface area contributed by atoms with E-state index in [1.165, 1.54) is 30.6 Å². The molecule has 2 bridgehead atoms. The van der Waals surface area contributed by atoms with E-state index in [9.17, 15) is 14.4 Å². The molecule has 0 aromatic heterocycles. The highest BCUT2D eigenvalue weighted by Crippen LogP contribution is 2.49. The van der Waals surface area contributed by atoms with Crippen LogP contribution < -0.4 is 5.32 Å². The van der Waals surface area contributed by atoms with E-state index in [4.69, 9.17) is 0 Å². The Bertz CT molecular complexity index is 537. The zero-order valence-electron chi connectivity index (χ0n) is 14.5. The van der Waals surface area contributed by atoms with Crippen LogP contribution in [0.15, 0.2) is 0 Å². The SMILES string of the molecule is C[C@H](NC(=O)CN1C(=O)[C@@H]2CCCC[C@H]2C1=O)[C@H]1C[C@H]2CC[C@H]1C2. The molecular weight excluding hydrogens is 304 g/mol. The summed E-state index contributed by atoms with van der Waals surface area (Å²) in [5.41, 5.74) is 0. The fourth-order valence-corrected chi connectivity index (χ4v) is 5.84. The molecule has 3 aliphatic carbocycles. The molecule has 1 heterocycles. The molecule has 132 valence electrons. The van der Waals surface area contributed by atoms with Crippen LogP contribution in [0.4, 0.5) is 0 Å². The summed E-state index contributed by atoms with van der Waals surface area (Å²) in [6.45, 7) is 1.99. The van der Waals surface area contributed by atoms with E-state index in [0.29, 0.717) is 5.92 Å². The Morgan fingerprint density at radius 2 is 1.75 bits per heavy atom. The van der Waals surface area contributed by atoms with Crippen molar-refractivity contribution in [1.29, 1.82) is 0 Å². The highest BCUT2D eigenvalue weighted by atomic mass is 16.2. The van der Waals surface area contributed by atoms with Gasteiger partial charge in [-0.3, -0.25) is 19.3 Å². The highest BCUT2D eigenvalue weighted by molar-refractivity contribution is 6.07. The van der Waals surface area contributed by atoms with Gasteiger partial charge in [0, 0.05) is 6.04 Å². The van der Waals surface area contributed by atoms with E-state index < -0.39 is 0 Å². The zero-order valence-corrected chi connectivity index (χ0v) is 14.5. The molecule has 0 aromatic carbocycles. The quantitative estimate of drug-likeness (QED) is 0.802. The molecular formula is C19H28N2O3. The van der Waals surface area contributed by atoms with Crippen molar-refractivity contribution < 1.29 is 14.4 Å². The minimum absolute atomic E-state index is 0.0875. The van der Waals surface area contributed by atoms with Crippen molar-refractivity contribution in [1.82, 2.24) is 10.2 Å². The number of carbonyl (C=O) groups is 3. The summed E-state index contributed by atoms with van der Waals surface area (Å²) in [5, 5.41) is 3.07. The number of hydrogen-bond acceptors (Lipinski definition) is 3. The first-order valence-corrected chi connectivity index (χ1v) is 9.69. The predicted octanol–water partition coefficient (Wildman–Crippen LogP) is 2.10. The first-order chi connectivity index (χ1) is 11.5. The third-order valence-electron chi connectivity index (χ3n) is 7.06. The predicted molar refractivity (Wildman–Crippen MR) is 88.7 cm³/mol. The van der Waals surface area contributed by atoms with Crippen LogP contribution in [-0.2, 0) is 14.4 Å². The van der Waals surface area contributed by atoms with Crippen LogP contribution in [0.1, 0.15) is 58.3 Å². The lowest BCUT2D eigenvalue weighted by atomic mass is 9.81. The maximum atomic E-state index is 12.5. The molecule has 4 rings (SSSR count). The zero-order chi connectivity index (χ0) is 16.8. The van der Waals surface area contributed by atoms with Gasteiger partial charge in [0.05, 0.1) is 11.8 Å². The largest absolute Gasteiger partial charge is 0.352 e. The van der Waals surface area contributed by atoms with E-state index in [2.05, 4.69) is 12.2 Å². The van der Waals surface area contributed by atoms with Gasteiger partial charge in [0.1, 0.15) is 6.54 Å². The van der Waals surface area contributed by atoms with Crippen LogP contribution in [0, 0.1) is 29.6 Å². The van der Waals surface area contributed by atoms with Crippen molar-refractivity contribution in [3.8, 4) is 0 Å². The van der Waals surface area contributed by atoms with Crippen molar-refractivity contribution in [2.24, 2.45) is 29.6 Å². The Morgan fingerprint density at radius 1 is 1.08 bits per heavy atom. The maximum Gasteiger partial charge on any atom is 0.240 e. The molecule has 3 saturated carbocycles. The van der Waals surface area contributed by atoms with E-state index in [0.717, 1.165) is 37.5 Å². The van der Waals surface area contributed by atoms with E-state index in [1.807, 2.05) is 0 Å². The summed E-state index contributed by atoms with van der Waals surface area (Å²) in [6.07, 6.45) is 8.81. The first kappa shape index (κ1) is 16.1. The average molecular weight is 332 g/mol. The van der Waals surface area contributed by atoms with Crippen molar-refractivity contribution in [3.05, 3.63) is 0 Å². The Kier molecular flexibility index (Phi) is 4.13. The molecule has 1 aliphatic heterocycles. The summed E-state index contributed by atoms with van der Waals surface area (Å²) in [6, 6.07) is 0.142. The van der Waals surface area contributed by atoms with Gasteiger partial charge in [0.15, 0.2) is 0 Å². The normalized spacial score (nSPS) is 39.2. The van der Waals surface area contributed by atoms with Gasteiger partial charge < -0.3 is 5.32 Å². The third-order valence-corrected chi connectivity index (χ3v) is 7.06. The molecule has 0 unspecified atom stereocenters. The van der Waals surface area contributed by atoms with Crippen molar-refractivity contribution in [2.75, 3.05) is 6.54 Å². The minimum atomic E-state index is -0.175.